The Hall–Kier alpha value is -2.04. The quantitative estimate of drug-likeness (QED) is 0.805. The average Bonchev–Trinajstić information content (AvgIpc) is 2.77. The molecule has 0 saturated carbocycles. The van der Waals surface area contributed by atoms with Gasteiger partial charge in [-0.2, -0.15) is 4.68 Å². The highest BCUT2D eigenvalue weighted by atomic mass is 16.1. The lowest BCUT2D eigenvalue weighted by atomic mass is 10.1. The van der Waals surface area contributed by atoms with E-state index in [-0.39, 0.29) is 12.2 Å². The number of para-hydroxylation sites is 1. The third-order valence-electron chi connectivity index (χ3n) is 2.53. The number of carbonyl (C=O) groups is 1. The molecule has 2 rings (SSSR count). The summed E-state index contributed by atoms with van der Waals surface area (Å²) in [6.45, 7) is 4.05. The van der Waals surface area contributed by atoms with Gasteiger partial charge in [0.25, 0.3) is 0 Å². The molecule has 0 saturated heterocycles. The lowest BCUT2D eigenvalue weighted by molar-refractivity contribution is -0.119. The first-order valence-electron chi connectivity index (χ1n) is 6.01. The molecule has 0 aliphatic rings. The van der Waals surface area contributed by atoms with Crippen molar-refractivity contribution in [1.29, 1.82) is 0 Å². The number of hydrogen-bond donors (Lipinski definition) is 0. The fraction of sp³-hybridized carbons (Fsp3) is 0.385. The Bertz CT molecular complexity index is 519. The normalized spacial score (nSPS) is 10.8. The van der Waals surface area contributed by atoms with Crippen molar-refractivity contribution in [1.82, 2.24) is 20.2 Å². The summed E-state index contributed by atoms with van der Waals surface area (Å²) in [5.41, 5.74) is 0.870. The van der Waals surface area contributed by atoms with Gasteiger partial charge < -0.3 is 0 Å². The van der Waals surface area contributed by atoms with Crippen molar-refractivity contribution in [3.8, 4) is 5.69 Å². The molecule has 0 atom stereocenters. The largest absolute Gasteiger partial charge is 0.299 e. The van der Waals surface area contributed by atoms with Crippen LogP contribution in [0.15, 0.2) is 30.3 Å². The molecular formula is C13H16N4O. The Kier molecular flexibility index (Phi) is 3.82. The summed E-state index contributed by atoms with van der Waals surface area (Å²) in [5.74, 6) is 1.11. The van der Waals surface area contributed by atoms with Crippen LogP contribution in [-0.4, -0.2) is 26.0 Å². The predicted molar refractivity (Wildman–Crippen MR) is 67.3 cm³/mol. The molecule has 0 radical (unpaired) electrons. The second-order valence-corrected chi connectivity index (χ2v) is 4.66. The van der Waals surface area contributed by atoms with Crippen molar-refractivity contribution < 1.29 is 4.79 Å². The van der Waals surface area contributed by atoms with Crippen LogP contribution < -0.4 is 0 Å². The molecule has 0 N–H and O–H groups in total. The van der Waals surface area contributed by atoms with Crippen LogP contribution in [0.25, 0.3) is 5.69 Å². The van der Waals surface area contributed by atoms with E-state index in [1.165, 1.54) is 0 Å². The molecule has 0 bridgehead atoms. The van der Waals surface area contributed by atoms with Gasteiger partial charge in [-0.15, -0.1) is 5.10 Å². The fourth-order valence-electron chi connectivity index (χ4n) is 1.79. The van der Waals surface area contributed by atoms with Crippen molar-refractivity contribution >= 4 is 5.78 Å². The summed E-state index contributed by atoms with van der Waals surface area (Å²) in [6, 6.07) is 9.57. The van der Waals surface area contributed by atoms with Crippen LogP contribution in [0.5, 0.6) is 0 Å². The molecule has 5 nitrogen and oxygen atoms in total. The smallest absolute Gasteiger partial charge is 0.164 e. The van der Waals surface area contributed by atoms with Crippen LogP contribution in [0, 0.1) is 5.92 Å². The number of nitrogens with zero attached hydrogens (tertiary/aromatic N) is 4. The first-order chi connectivity index (χ1) is 8.66. The van der Waals surface area contributed by atoms with Gasteiger partial charge in [-0.3, -0.25) is 4.79 Å². The fourth-order valence-corrected chi connectivity index (χ4v) is 1.79. The van der Waals surface area contributed by atoms with Crippen molar-refractivity contribution in [2.75, 3.05) is 0 Å². The molecule has 0 amide bonds. The zero-order valence-electron chi connectivity index (χ0n) is 10.6. The number of rotatable bonds is 5. The van der Waals surface area contributed by atoms with Crippen LogP contribution in [0.4, 0.5) is 0 Å². The maximum absolute atomic E-state index is 11.8. The monoisotopic (exact) mass is 244 g/mol. The van der Waals surface area contributed by atoms with Crippen molar-refractivity contribution in [3.05, 3.63) is 36.2 Å². The van der Waals surface area contributed by atoms with E-state index in [1.807, 2.05) is 44.2 Å². The summed E-state index contributed by atoms with van der Waals surface area (Å²) < 4.78 is 1.61. The van der Waals surface area contributed by atoms with E-state index < -0.39 is 0 Å². The first kappa shape index (κ1) is 12.4. The zero-order valence-corrected chi connectivity index (χ0v) is 10.6. The lowest BCUT2D eigenvalue weighted by Crippen LogP contribution is -2.11. The van der Waals surface area contributed by atoms with Crippen molar-refractivity contribution in [2.45, 2.75) is 26.7 Å². The summed E-state index contributed by atoms with van der Waals surface area (Å²) in [4.78, 5) is 11.8. The topological polar surface area (TPSA) is 60.7 Å². The van der Waals surface area contributed by atoms with Crippen molar-refractivity contribution in [2.24, 2.45) is 5.92 Å². The van der Waals surface area contributed by atoms with E-state index in [0.29, 0.717) is 18.2 Å². The third kappa shape index (κ3) is 3.00. The van der Waals surface area contributed by atoms with Gasteiger partial charge in [0.05, 0.1) is 12.1 Å². The van der Waals surface area contributed by atoms with E-state index in [0.717, 1.165) is 5.69 Å². The minimum atomic E-state index is 0.164. The van der Waals surface area contributed by atoms with Gasteiger partial charge in [-0.25, -0.2) is 0 Å². The summed E-state index contributed by atoms with van der Waals surface area (Å²) >= 11 is 0. The molecule has 2 aromatic rings. The number of ketones is 1. The Morgan fingerprint density at radius 2 is 2.00 bits per heavy atom. The molecule has 1 heterocycles. The molecule has 0 aliphatic heterocycles. The molecule has 18 heavy (non-hydrogen) atoms. The Labute approximate surface area is 106 Å². The number of hydrogen-bond acceptors (Lipinski definition) is 4. The molecule has 5 heteroatoms. The highest BCUT2D eigenvalue weighted by Gasteiger charge is 2.13. The Morgan fingerprint density at radius 3 is 2.67 bits per heavy atom. The molecule has 94 valence electrons. The van der Waals surface area contributed by atoms with Gasteiger partial charge in [0.15, 0.2) is 5.82 Å². The second-order valence-electron chi connectivity index (χ2n) is 4.66. The van der Waals surface area contributed by atoms with Gasteiger partial charge >= 0.3 is 0 Å². The molecule has 1 aromatic heterocycles. The minimum Gasteiger partial charge on any atom is -0.299 e. The molecule has 1 aromatic carbocycles. The van der Waals surface area contributed by atoms with E-state index in [2.05, 4.69) is 15.5 Å². The van der Waals surface area contributed by atoms with Gasteiger partial charge in [-0.05, 0) is 28.5 Å². The molecule has 0 unspecified atom stereocenters. The molecule has 0 spiro atoms. The number of benzene rings is 1. The van der Waals surface area contributed by atoms with Crippen LogP contribution in [0.2, 0.25) is 0 Å². The van der Waals surface area contributed by atoms with Crippen molar-refractivity contribution in [3.63, 3.8) is 0 Å². The molecule has 0 fully saturated rings. The SMILES string of the molecule is CC(C)CC(=O)Cc1nnnn1-c1ccccc1. The number of carbonyl (C=O) groups excluding carboxylic acids is 1. The first-order valence-corrected chi connectivity index (χ1v) is 6.01. The summed E-state index contributed by atoms with van der Waals surface area (Å²) in [5, 5.41) is 11.5. The van der Waals surface area contributed by atoms with Crippen LogP contribution in [0.1, 0.15) is 26.1 Å². The summed E-state index contributed by atoms with van der Waals surface area (Å²) in [7, 11) is 0. The van der Waals surface area contributed by atoms with Gasteiger partial charge in [0.1, 0.15) is 5.78 Å². The van der Waals surface area contributed by atoms with Crippen LogP contribution in [-0.2, 0) is 11.2 Å². The number of Topliss-reactive ketones (excluding diaryl/α,β-unsaturated/α-hetero) is 1. The maximum atomic E-state index is 11.8. The predicted octanol–water partition coefficient (Wildman–Crippen LogP) is 1.82. The Morgan fingerprint density at radius 1 is 1.28 bits per heavy atom. The van der Waals surface area contributed by atoms with E-state index in [1.54, 1.807) is 4.68 Å². The van der Waals surface area contributed by atoms with Gasteiger partial charge in [0.2, 0.25) is 0 Å². The molecular weight excluding hydrogens is 228 g/mol. The summed E-state index contributed by atoms with van der Waals surface area (Å²) in [6.07, 6.45) is 0.835. The lowest BCUT2D eigenvalue weighted by Gasteiger charge is -2.05. The zero-order chi connectivity index (χ0) is 13.0. The van der Waals surface area contributed by atoms with Crippen LogP contribution in [0.3, 0.4) is 0 Å². The maximum Gasteiger partial charge on any atom is 0.164 e. The van der Waals surface area contributed by atoms with E-state index >= 15 is 0 Å². The number of aromatic nitrogens is 4. The van der Waals surface area contributed by atoms with E-state index in [9.17, 15) is 4.79 Å². The highest BCUT2D eigenvalue weighted by molar-refractivity contribution is 5.80. The van der Waals surface area contributed by atoms with E-state index in [4.69, 9.17) is 0 Å². The Balaban J connectivity index is 2.16. The van der Waals surface area contributed by atoms with Gasteiger partial charge in [0, 0.05) is 6.42 Å². The highest BCUT2D eigenvalue weighted by Crippen LogP contribution is 2.09. The average molecular weight is 244 g/mol. The second kappa shape index (κ2) is 5.53. The number of tetrazole rings is 1. The standard InChI is InChI=1S/C13H16N4O/c1-10(2)8-12(18)9-13-14-15-16-17(13)11-6-4-3-5-7-11/h3-7,10H,8-9H2,1-2H3. The van der Waals surface area contributed by atoms with Crippen LogP contribution >= 0.6 is 0 Å². The minimum absolute atomic E-state index is 0.164. The molecule has 0 aliphatic carbocycles. The third-order valence-corrected chi connectivity index (χ3v) is 2.53. The van der Waals surface area contributed by atoms with Gasteiger partial charge in [-0.1, -0.05) is 32.0 Å².